The van der Waals surface area contributed by atoms with Crippen LogP contribution in [0.1, 0.15) is 33.3 Å². The quantitative estimate of drug-likeness (QED) is 0.871. The second-order valence-corrected chi connectivity index (χ2v) is 6.12. The van der Waals surface area contributed by atoms with E-state index in [0.717, 1.165) is 0 Å². The number of fused-ring (bicyclic) bond motifs is 1. The number of alkyl carbamates (subject to hydrolysis) is 1. The Bertz CT molecular complexity index is 594. The van der Waals surface area contributed by atoms with E-state index in [4.69, 9.17) is 9.47 Å². The number of amides is 2. The molecule has 0 unspecified atom stereocenters. The number of para-hydroxylation sites is 1. The Hall–Kier alpha value is -2.08. The third-order valence-corrected chi connectivity index (χ3v) is 3.29. The zero-order valence-electron chi connectivity index (χ0n) is 13.6. The molecule has 1 aromatic rings. The number of hydrogen-bond acceptors (Lipinski definition) is 4. The number of benzene rings is 1. The minimum absolute atomic E-state index is 0.268. The van der Waals surface area contributed by atoms with Gasteiger partial charge in [-0.25, -0.2) is 4.79 Å². The molecule has 1 atom stereocenters. The Balaban J connectivity index is 2.41. The number of ether oxygens (including phenoxy) is 2. The predicted molar refractivity (Wildman–Crippen MR) is 82.5 cm³/mol. The molecular weight excluding hydrogens is 284 g/mol. The van der Waals surface area contributed by atoms with Crippen molar-refractivity contribution in [3.8, 4) is 0 Å². The first-order valence-corrected chi connectivity index (χ1v) is 7.24. The summed E-state index contributed by atoms with van der Waals surface area (Å²) in [6.07, 6.45) is -0.695. The van der Waals surface area contributed by atoms with E-state index in [1.165, 1.54) is 4.90 Å². The molecule has 0 aliphatic carbocycles. The van der Waals surface area contributed by atoms with Crippen LogP contribution in [0, 0.1) is 0 Å². The molecule has 0 saturated heterocycles. The van der Waals surface area contributed by atoms with E-state index < -0.39 is 17.4 Å². The Morgan fingerprint density at radius 3 is 2.55 bits per heavy atom. The fraction of sp³-hybridized carbons (Fsp3) is 0.500. The molecule has 0 aromatic heterocycles. The van der Waals surface area contributed by atoms with Crippen LogP contribution in [0.2, 0.25) is 0 Å². The first kappa shape index (κ1) is 16.3. The zero-order valence-corrected chi connectivity index (χ0v) is 13.6. The summed E-state index contributed by atoms with van der Waals surface area (Å²) in [6.45, 7) is 7.32. The van der Waals surface area contributed by atoms with Crippen LogP contribution < -0.4 is 10.2 Å². The largest absolute Gasteiger partial charge is 0.444 e. The highest BCUT2D eigenvalue weighted by Crippen LogP contribution is 2.40. The standard InChI is InChI=1S/C16H22N2O4/c1-6-21-16(17-14(20)22-15(2,3)4)11-9-7-8-10-12(11)18(5)13(16)19/h7-10H,6H2,1-5H3,(H,17,20)/t16-/m1/s1. The highest BCUT2D eigenvalue weighted by atomic mass is 16.6. The van der Waals surface area contributed by atoms with Crippen molar-refractivity contribution in [1.82, 2.24) is 5.32 Å². The minimum Gasteiger partial charge on any atom is -0.444 e. The van der Waals surface area contributed by atoms with Gasteiger partial charge in [0.15, 0.2) is 0 Å². The van der Waals surface area contributed by atoms with E-state index in [-0.39, 0.29) is 12.5 Å². The number of anilines is 1. The van der Waals surface area contributed by atoms with Crippen molar-refractivity contribution < 1.29 is 19.1 Å². The molecule has 120 valence electrons. The fourth-order valence-electron chi connectivity index (χ4n) is 2.48. The van der Waals surface area contributed by atoms with Crippen molar-refractivity contribution in [3.05, 3.63) is 29.8 Å². The Labute approximate surface area is 130 Å². The molecule has 1 N–H and O–H groups in total. The maximum absolute atomic E-state index is 12.7. The van der Waals surface area contributed by atoms with E-state index >= 15 is 0 Å². The lowest BCUT2D eigenvalue weighted by molar-refractivity contribution is -0.147. The summed E-state index contributed by atoms with van der Waals surface area (Å²) in [7, 11) is 1.65. The van der Waals surface area contributed by atoms with Crippen LogP contribution in [-0.2, 0) is 20.0 Å². The van der Waals surface area contributed by atoms with E-state index in [2.05, 4.69) is 5.32 Å². The summed E-state index contributed by atoms with van der Waals surface area (Å²) in [4.78, 5) is 26.4. The molecule has 0 saturated carbocycles. The van der Waals surface area contributed by atoms with Gasteiger partial charge in [-0.1, -0.05) is 18.2 Å². The van der Waals surface area contributed by atoms with Crippen LogP contribution in [-0.4, -0.2) is 31.3 Å². The molecule has 0 fully saturated rings. The van der Waals surface area contributed by atoms with E-state index in [1.807, 2.05) is 12.1 Å². The highest BCUT2D eigenvalue weighted by Gasteiger charge is 2.52. The smallest absolute Gasteiger partial charge is 0.410 e. The maximum atomic E-state index is 12.7. The molecule has 2 rings (SSSR count). The highest BCUT2D eigenvalue weighted by molar-refractivity contribution is 6.07. The van der Waals surface area contributed by atoms with E-state index in [9.17, 15) is 9.59 Å². The van der Waals surface area contributed by atoms with Crippen LogP contribution in [0.4, 0.5) is 10.5 Å². The molecule has 1 aliphatic rings. The van der Waals surface area contributed by atoms with Gasteiger partial charge >= 0.3 is 6.09 Å². The van der Waals surface area contributed by atoms with Crippen LogP contribution in [0.25, 0.3) is 0 Å². The Kier molecular flexibility index (Phi) is 4.15. The molecule has 2 amide bonds. The van der Waals surface area contributed by atoms with Gasteiger partial charge in [-0.15, -0.1) is 0 Å². The van der Waals surface area contributed by atoms with Crippen molar-refractivity contribution >= 4 is 17.7 Å². The maximum Gasteiger partial charge on any atom is 0.410 e. The lowest BCUT2D eigenvalue weighted by atomic mass is 10.0. The first-order valence-electron chi connectivity index (χ1n) is 7.24. The molecule has 0 radical (unpaired) electrons. The second kappa shape index (κ2) is 5.61. The number of likely N-dealkylation sites (N-methyl/N-ethyl adjacent to an activating group) is 1. The van der Waals surface area contributed by atoms with Crippen molar-refractivity contribution in [2.24, 2.45) is 0 Å². The van der Waals surface area contributed by atoms with Crippen LogP contribution >= 0.6 is 0 Å². The summed E-state index contributed by atoms with van der Waals surface area (Å²) in [5.74, 6) is -0.346. The average molecular weight is 306 g/mol. The molecular formula is C16H22N2O4. The van der Waals surface area contributed by atoms with Gasteiger partial charge < -0.3 is 14.4 Å². The van der Waals surface area contributed by atoms with Crippen molar-refractivity contribution in [2.75, 3.05) is 18.6 Å². The minimum atomic E-state index is -1.54. The SMILES string of the molecule is CCO[C@@]1(NC(=O)OC(C)(C)C)C(=O)N(C)c2ccccc21. The van der Waals surface area contributed by atoms with Crippen LogP contribution in [0.3, 0.4) is 0 Å². The van der Waals surface area contributed by atoms with Gasteiger partial charge in [0.1, 0.15) is 5.60 Å². The van der Waals surface area contributed by atoms with Crippen molar-refractivity contribution in [3.63, 3.8) is 0 Å². The summed E-state index contributed by atoms with van der Waals surface area (Å²) >= 11 is 0. The summed E-state index contributed by atoms with van der Waals surface area (Å²) in [5, 5.41) is 2.61. The van der Waals surface area contributed by atoms with Gasteiger partial charge in [0.2, 0.25) is 0 Å². The molecule has 1 aliphatic heterocycles. The summed E-state index contributed by atoms with van der Waals surface area (Å²) in [6, 6.07) is 7.21. The number of nitrogens with one attached hydrogen (secondary N) is 1. The van der Waals surface area contributed by atoms with Gasteiger partial charge in [-0.05, 0) is 33.8 Å². The molecule has 1 heterocycles. The number of carbonyl (C=O) groups excluding carboxylic acids is 2. The predicted octanol–water partition coefficient (Wildman–Crippen LogP) is 2.38. The van der Waals surface area contributed by atoms with Gasteiger partial charge in [0.05, 0.1) is 5.69 Å². The summed E-state index contributed by atoms with van der Waals surface area (Å²) in [5.41, 5.74) is -0.889. The number of carbonyl (C=O) groups is 2. The molecule has 6 heteroatoms. The monoisotopic (exact) mass is 306 g/mol. The third-order valence-electron chi connectivity index (χ3n) is 3.29. The van der Waals surface area contributed by atoms with Crippen LogP contribution in [0.5, 0.6) is 0 Å². The van der Waals surface area contributed by atoms with E-state index in [1.54, 1.807) is 46.9 Å². The lowest BCUT2D eigenvalue weighted by Crippen LogP contribution is -2.55. The Morgan fingerprint density at radius 1 is 1.32 bits per heavy atom. The van der Waals surface area contributed by atoms with Crippen molar-refractivity contribution in [2.45, 2.75) is 39.0 Å². The third kappa shape index (κ3) is 2.78. The number of nitrogens with zero attached hydrogens (tertiary/aromatic N) is 1. The van der Waals surface area contributed by atoms with Crippen molar-refractivity contribution in [1.29, 1.82) is 0 Å². The van der Waals surface area contributed by atoms with E-state index in [0.29, 0.717) is 11.3 Å². The molecule has 6 nitrogen and oxygen atoms in total. The zero-order chi connectivity index (χ0) is 16.5. The average Bonchev–Trinajstić information content (AvgIpc) is 2.61. The molecule has 1 aromatic carbocycles. The molecule has 22 heavy (non-hydrogen) atoms. The lowest BCUT2D eigenvalue weighted by Gasteiger charge is -2.30. The van der Waals surface area contributed by atoms with Gasteiger partial charge in [-0.3, -0.25) is 10.1 Å². The number of rotatable bonds is 3. The normalized spacial score (nSPS) is 20.8. The van der Waals surface area contributed by atoms with Gasteiger partial charge in [0.25, 0.3) is 11.6 Å². The van der Waals surface area contributed by atoms with Gasteiger partial charge in [0, 0.05) is 19.2 Å². The topological polar surface area (TPSA) is 67.9 Å². The summed E-state index contributed by atoms with van der Waals surface area (Å²) < 4.78 is 11.0. The molecule has 0 spiro atoms. The fourth-order valence-corrected chi connectivity index (χ4v) is 2.48. The first-order chi connectivity index (χ1) is 10.2. The molecule has 0 bridgehead atoms. The Morgan fingerprint density at radius 2 is 1.95 bits per heavy atom. The number of hydrogen-bond donors (Lipinski definition) is 1. The van der Waals surface area contributed by atoms with Gasteiger partial charge in [-0.2, -0.15) is 0 Å². The second-order valence-electron chi connectivity index (χ2n) is 6.12. The van der Waals surface area contributed by atoms with Crippen LogP contribution in [0.15, 0.2) is 24.3 Å².